The molecule has 7 heteroatoms. The molecule has 1 saturated heterocycles. The van der Waals surface area contributed by atoms with Crippen LogP contribution in [0.15, 0.2) is 18.2 Å². The van der Waals surface area contributed by atoms with Crippen molar-refractivity contribution < 1.29 is 14.8 Å². The molecule has 0 saturated carbocycles. The molecule has 0 amide bonds. The van der Waals surface area contributed by atoms with Crippen LogP contribution >= 0.6 is 11.6 Å². The maximum atomic E-state index is 11.0. The molecule has 102 valence electrons. The summed E-state index contributed by atoms with van der Waals surface area (Å²) in [4.78, 5) is 23.3. The lowest BCUT2D eigenvalue weighted by atomic mass is 9.97. The Hall–Kier alpha value is -1.82. The van der Waals surface area contributed by atoms with Gasteiger partial charge in [-0.05, 0) is 25.0 Å². The highest BCUT2D eigenvalue weighted by molar-refractivity contribution is 6.30. The fraction of sp³-hybridized carbons (Fsp3) is 0.417. The van der Waals surface area contributed by atoms with Gasteiger partial charge in [0.1, 0.15) is 5.69 Å². The smallest absolute Gasteiger partial charge is 0.308 e. The van der Waals surface area contributed by atoms with Gasteiger partial charge in [-0.3, -0.25) is 14.9 Å². The zero-order chi connectivity index (χ0) is 14.0. The Balaban J connectivity index is 2.30. The fourth-order valence-corrected chi connectivity index (χ4v) is 2.47. The van der Waals surface area contributed by atoms with Crippen molar-refractivity contribution in [1.29, 1.82) is 0 Å². The SMILES string of the molecule is O=C(O)C1CCCN(c2ccc(Cl)cc2[N+](=O)[O-])C1. The maximum Gasteiger partial charge on any atom is 0.308 e. The predicted octanol–water partition coefficient (Wildman–Crippen LogP) is 2.55. The summed E-state index contributed by atoms with van der Waals surface area (Å²) in [6.07, 6.45) is 1.31. The number of rotatable bonds is 3. The zero-order valence-electron chi connectivity index (χ0n) is 10.1. The molecule has 1 aromatic rings. The van der Waals surface area contributed by atoms with Crippen LogP contribution in [0.1, 0.15) is 12.8 Å². The summed E-state index contributed by atoms with van der Waals surface area (Å²) in [5.41, 5.74) is 0.346. The van der Waals surface area contributed by atoms with Gasteiger partial charge >= 0.3 is 5.97 Å². The van der Waals surface area contributed by atoms with Gasteiger partial charge in [0.05, 0.1) is 10.8 Å². The monoisotopic (exact) mass is 284 g/mol. The highest BCUT2D eigenvalue weighted by atomic mass is 35.5. The summed E-state index contributed by atoms with van der Waals surface area (Å²) in [5.74, 6) is -1.34. The van der Waals surface area contributed by atoms with E-state index in [1.54, 1.807) is 17.0 Å². The van der Waals surface area contributed by atoms with Crippen LogP contribution in [0.3, 0.4) is 0 Å². The largest absolute Gasteiger partial charge is 0.481 e. The Kier molecular flexibility index (Phi) is 3.90. The summed E-state index contributed by atoms with van der Waals surface area (Å²) in [6, 6.07) is 4.44. The van der Waals surface area contributed by atoms with Crippen LogP contribution in [-0.2, 0) is 4.79 Å². The van der Waals surface area contributed by atoms with E-state index in [4.69, 9.17) is 16.7 Å². The summed E-state index contributed by atoms with van der Waals surface area (Å²) in [6.45, 7) is 0.907. The topological polar surface area (TPSA) is 83.7 Å². The average Bonchev–Trinajstić information content (AvgIpc) is 2.38. The summed E-state index contributed by atoms with van der Waals surface area (Å²) in [5, 5.41) is 20.4. The van der Waals surface area contributed by atoms with Crippen molar-refractivity contribution in [3.05, 3.63) is 33.3 Å². The molecule has 0 aliphatic carbocycles. The van der Waals surface area contributed by atoms with Gasteiger partial charge < -0.3 is 10.0 Å². The zero-order valence-corrected chi connectivity index (χ0v) is 10.8. The molecule has 1 aliphatic heterocycles. The summed E-state index contributed by atoms with van der Waals surface area (Å²) in [7, 11) is 0. The molecule has 0 radical (unpaired) electrons. The highest BCUT2D eigenvalue weighted by Gasteiger charge is 2.29. The highest BCUT2D eigenvalue weighted by Crippen LogP contribution is 2.33. The van der Waals surface area contributed by atoms with Crippen LogP contribution in [0.5, 0.6) is 0 Å². The van der Waals surface area contributed by atoms with E-state index in [1.165, 1.54) is 6.07 Å². The molecule has 1 N–H and O–H groups in total. The van der Waals surface area contributed by atoms with Crippen LogP contribution in [0.2, 0.25) is 5.02 Å². The fourth-order valence-electron chi connectivity index (χ4n) is 2.31. The average molecular weight is 285 g/mol. The molecule has 0 aromatic heterocycles. The van der Waals surface area contributed by atoms with Crippen molar-refractivity contribution in [3.8, 4) is 0 Å². The van der Waals surface area contributed by atoms with Crippen LogP contribution in [0, 0.1) is 16.0 Å². The van der Waals surface area contributed by atoms with Crippen molar-refractivity contribution in [2.24, 2.45) is 5.92 Å². The molecule has 1 aliphatic rings. The Morgan fingerprint density at radius 3 is 2.89 bits per heavy atom. The van der Waals surface area contributed by atoms with Crippen molar-refractivity contribution in [1.82, 2.24) is 0 Å². The second kappa shape index (κ2) is 5.44. The van der Waals surface area contributed by atoms with Gasteiger partial charge in [0.25, 0.3) is 5.69 Å². The Bertz CT molecular complexity index is 520. The van der Waals surface area contributed by atoms with Crippen LogP contribution in [-0.4, -0.2) is 29.1 Å². The first-order valence-electron chi connectivity index (χ1n) is 5.90. The lowest BCUT2D eigenvalue weighted by Crippen LogP contribution is -2.38. The minimum Gasteiger partial charge on any atom is -0.481 e. The second-order valence-corrected chi connectivity index (χ2v) is 4.95. The maximum absolute atomic E-state index is 11.0. The van der Waals surface area contributed by atoms with E-state index < -0.39 is 16.8 Å². The number of carboxylic acid groups (broad SMARTS) is 1. The molecule has 1 heterocycles. The van der Waals surface area contributed by atoms with E-state index in [-0.39, 0.29) is 12.2 Å². The van der Waals surface area contributed by atoms with E-state index in [1.807, 2.05) is 0 Å². The number of benzene rings is 1. The number of nitro benzene ring substituents is 1. The van der Waals surface area contributed by atoms with E-state index in [2.05, 4.69) is 0 Å². The lowest BCUT2D eigenvalue weighted by molar-refractivity contribution is -0.384. The van der Waals surface area contributed by atoms with E-state index in [0.29, 0.717) is 30.1 Å². The van der Waals surface area contributed by atoms with Gasteiger partial charge in [0.2, 0.25) is 0 Å². The molecule has 6 nitrogen and oxygen atoms in total. The quantitative estimate of drug-likeness (QED) is 0.681. The second-order valence-electron chi connectivity index (χ2n) is 4.51. The molecule has 1 unspecified atom stereocenters. The van der Waals surface area contributed by atoms with Crippen molar-refractivity contribution >= 4 is 28.9 Å². The van der Waals surface area contributed by atoms with E-state index in [9.17, 15) is 14.9 Å². The number of piperidine rings is 1. The third kappa shape index (κ3) is 2.96. The summed E-state index contributed by atoms with van der Waals surface area (Å²) < 4.78 is 0. The Morgan fingerprint density at radius 1 is 1.53 bits per heavy atom. The van der Waals surface area contributed by atoms with Crippen molar-refractivity contribution in [3.63, 3.8) is 0 Å². The molecular formula is C12H13ClN2O4. The minimum absolute atomic E-state index is 0.0847. The Morgan fingerprint density at radius 2 is 2.26 bits per heavy atom. The van der Waals surface area contributed by atoms with Gasteiger partial charge in [-0.15, -0.1) is 0 Å². The summed E-state index contributed by atoms with van der Waals surface area (Å²) >= 11 is 5.76. The van der Waals surface area contributed by atoms with Crippen LogP contribution in [0.25, 0.3) is 0 Å². The molecule has 1 aromatic carbocycles. The normalized spacial score (nSPS) is 19.2. The van der Waals surface area contributed by atoms with E-state index in [0.717, 1.165) is 0 Å². The number of carboxylic acids is 1. The molecule has 2 rings (SSSR count). The number of hydrogen-bond acceptors (Lipinski definition) is 4. The van der Waals surface area contributed by atoms with Gasteiger partial charge in [-0.25, -0.2) is 0 Å². The number of aliphatic carboxylic acids is 1. The van der Waals surface area contributed by atoms with Gasteiger partial charge in [0.15, 0.2) is 0 Å². The minimum atomic E-state index is -0.860. The van der Waals surface area contributed by atoms with Gasteiger partial charge in [-0.1, -0.05) is 11.6 Å². The number of carbonyl (C=O) groups is 1. The molecule has 19 heavy (non-hydrogen) atoms. The predicted molar refractivity (Wildman–Crippen MR) is 70.7 cm³/mol. The lowest BCUT2D eigenvalue weighted by Gasteiger charge is -2.32. The number of nitro groups is 1. The number of nitrogens with zero attached hydrogens (tertiary/aromatic N) is 2. The third-order valence-electron chi connectivity index (χ3n) is 3.25. The molecule has 1 fully saturated rings. The van der Waals surface area contributed by atoms with Crippen molar-refractivity contribution in [2.45, 2.75) is 12.8 Å². The first-order valence-corrected chi connectivity index (χ1v) is 6.28. The van der Waals surface area contributed by atoms with Crippen LogP contribution in [0.4, 0.5) is 11.4 Å². The van der Waals surface area contributed by atoms with Gasteiger partial charge in [0, 0.05) is 24.2 Å². The third-order valence-corrected chi connectivity index (χ3v) is 3.48. The molecule has 0 spiro atoms. The standard InChI is InChI=1S/C12H13ClN2O4/c13-9-3-4-10(11(6-9)15(18)19)14-5-1-2-8(7-14)12(16)17/h3-4,6,8H,1-2,5,7H2,(H,16,17). The van der Waals surface area contributed by atoms with Crippen molar-refractivity contribution in [2.75, 3.05) is 18.0 Å². The van der Waals surface area contributed by atoms with Crippen LogP contribution < -0.4 is 4.90 Å². The molecular weight excluding hydrogens is 272 g/mol. The molecule has 1 atom stereocenters. The number of anilines is 1. The first kappa shape index (κ1) is 13.6. The first-order chi connectivity index (χ1) is 8.99. The van der Waals surface area contributed by atoms with E-state index >= 15 is 0 Å². The Labute approximate surface area is 114 Å². The number of hydrogen-bond donors (Lipinski definition) is 1. The number of halogens is 1. The van der Waals surface area contributed by atoms with Gasteiger partial charge in [-0.2, -0.15) is 0 Å². The molecule has 0 bridgehead atoms.